The van der Waals surface area contributed by atoms with Crippen molar-refractivity contribution in [2.45, 2.75) is 0 Å². The van der Waals surface area contributed by atoms with Crippen LogP contribution in [0, 0.1) is 15.9 Å². The Morgan fingerprint density at radius 1 is 1.22 bits per heavy atom. The van der Waals surface area contributed by atoms with Gasteiger partial charge in [-0.1, -0.05) is 12.1 Å². The second kappa shape index (κ2) is 4.70. The third-order valence-corrected chi connectivity index (χ3v) is 2.24. The number of hydrogen-bond donors (Lipinski definition) is 1. The van der Waals surface area contributed by atoms with Crippen LogP contribution in [0.1, 0.15) is 0 Å². The number of nitrogens with zero attached hydrogens (tertiary/aromatic N) is 1. The molecule has 0 spiro atoms. The van der Waals surface area contributed by atoms with E-state index >= 15 is 0 Å². The van der Waals surface area contributed by atoms with E-state index in [4.69, 9.17) is 10.5 Å². The van der Waals surface area contributed by atoms with Crippen molar-refractivity contribution in [1.82, 2.24) is 0 Å². The highest BCUT2D eigenvalue weighted by Crippen LogP contribution is 2.35. The molecule has 0 heterocycles. The fourth-order valence-electron chi connectivity index (χ4n) is 1.47. The summed E-state index contributed by atoms with van der Waals surface area (Å²) >= 11 is 0. The number of rotatable bonds is 3. The molecule has 18 heavy (non-hydrogen) atoms. The Bertz CT molecular complexity index is 602. The van der Waals surface area contributed by atoms with Crippen LogP contribution in [0.2, 0.25) is 0 Å². The topological polar surface area (TPSA) is 78.4 Å². The largest absolute Gasteiger partial charge is 0.450 e. The molecule has 0 saturated heterocycles. The minimum Gasteiger partial charge on any atom is -0.450 e. The number of halogens is 1. The summed E-state index contributed by atoms with van der Waals surface area (Å²) in [4.78, 5) is 10.2. The molecule has 2 rings (SSSR count). The molecule has 2 aromatic carbocycles. The van der Waals surface area contributed by atoms with Crippen LogP contribution >= 0.6 is 0 Å². The van der Waals surface area contributed by atoms with Crippen molar-refractivity contribution in [3.05, 3.63) is 58.4 Å². The SMILES string of the molecule is Nc1cccc(Oc2cccc(F)c2)c1[N+](=O)[O-]. The Balaban J connectivity index is 2.40. The molecule has 0 radical (unpaired) electrons. The summed E-state index contributed by atoms with van der Waals surface area (Å²) in [6.45, 7) is 0. The molecule has 0 aliphatic carbocycles. The highest BCUT2D eigenvalue weighted by molar-refractivity contribution is 5.66. The molecule has 0 aliphatic rings. The van der Waals surface area contributed by atoms with Crippen LogP contribution in [-0.4, -0.2) is 4.92 Å². The van der Waals surface area contributed by atoms with Crippen molar-refractivity contribution >= 4 is 11.4 Å². The molecule has 2 aromatic rings. The predicted molar refractivity (Wildman–Crippen MR) is 64.0 cm³/mol. The van der Waals surface area contributed by atoms with E-state index in [1.807, 2.05) is 0 Å². The van der Waals surface area contributed by atoms with Crippen molar-refractivity contribution in [3.8, 4) is 11.5 Å². The van der Waals surface area contributed by atoms with E-state index in [-0.39, 0.29) is 22.9 Å². The van der Waals surface area contributed by atoms with Gasteiger partial charge >= 0.3 is 5.69 Å². The molecule has 0 saturated carbocycles. The maximum absolute atomic E-state index is 13.0. The lowest BCUT2D eigenvalue weighted by atomic mass is 10.2. The first-order valence-corrected chi connectivity index (χ1v) is 5.04. The van der Waals surface area contributed by atoms with Gasteiger partial charge in [0.25, 0.3) is 0 Å². The van der Waals surface area contributed by atoms with Gasteiger partial charge in [0, 0.05) is 6.07 Å². The fourth-order valence-corrected chi connectivity index (χ4v) is 1.47. The molecular weight excluding hydrogens is 239 g/mol. The monoisotopic (exact) mass is 248 g/mol. The normalized spacial score (nSPS) is 10.1. The second-order valence-electron chi connectivity index (χ2n) is 3.51. The van der Waals surface area contributed by atoms with E-state index in [0.717, 1.165) is 6.07 Å². The molecule has 0 aliphatic heterocycles. The van der Waals surface area contributed by atoms with Gasteiger partial charge in [-0.2, -0.15) is 0 Å². The molecule has 0 aromatic heterocycles. The summed E-state index contributed by atoms with van der Waals surface area (Å²) < 4.78 is 18.2. The Morgan fingerprint density at radius 3 is 2.61 bits per heavy atom. The van der Waals surface area contributed by atoms with Crippen molar-refractivity contribution in [2.24, 2.45) is 0 Å². The number of nitro benzene ring substituents is 1. The third kappa shape index (κ3) is 2.37. The highest BCUT2D eigenvalue weighted by Gasteiger charge is 2.19. The first-order chi connectivity index (χ1) is 8.58. The number of nitro groups is 1. The second-order valence-corrected chi connectivity index (χ2v) is 3.51. The summed E-state index contributed by atoms with van der Waals surface area (Å²) in [5.74, 6) is -0.339. The van der Waals surface area contributed by atoms with E-state index in [2.05, 4.69) is 0 Å². The molecular formula is C12H9FN2O3. The minimum atomic E-state index is -0.635. The minimum absolute atomic E-state index is 0.00565. The third-order valence-electron chi connectivity index (χ3n) is 2.24. The molecule has 0 amide bonds. The summed E-state index contributed by atoms with van der Waals surface area (Å²) in [5, 5.41) is 10.9. The highest BCUT2D eigenvalue weighted by atomic mass is 19.1. The summed E-state index contributed by atoms with van der Waals surface area (Å²) in [6.07, 6.45) is 0. The molecule has 92 valence electrons. The average Bonchev–Trinajstić information content (AvgIpc) is 2.28. The Hall–Kier alpha value is -2.63. The number of anilines is 1. The Morgan fingerprint density at radius 2 is 1.94 bits per heavy atom. The lowest BCUT2D eigenvalue weighted by molar-refractivity contribution is -0.384. The average molecular weight is 248 g/mol. The number of nitrogen functional groups attached to an aromatic ring is 1. The number of para-hydroxylation sites is 1. The Kier molecular flexibility index (Phi) is 3.09. The van der Waals surface area contributed by atoms with Crippen molar-refractivity contribution in [2.75, 3.05) is 5.73 Å². The molecule has 0 unspecified atom stereocenters. The molecule has 2 N–H and O–H groups in total. The predicted octanol–water partition coefficient (Wildman–Crippen LogP) is 3.11. The maximum Gasteiger partial charge on any atom is 0.334 e. The van der Waals surface area contributed by atoms with E-state index < -0.39 is 10.7 Å². The van der Waals surface area contributed by atoms with Crippen LogP contribution in [0.25, 0.3) is 0 Å². The van der Waals surface area contributed by atoms with Gasteiger partial charge in [0.15, 0.2) is 0 Å². The molecule has 0 atom stereocenters. The van der Waals surface area contributed by atoms with Gasteiger partial charge in [0.1, 0.15) is 17.3 Å². The Labute approximate surface area is 102 Å². The van der Waals surface area contributed by atoms with E-state index in [1.165, 1.54) is 36.4 Å². The fraction of sp³-hybridized carbons (Fsp3) is 0. The van der Waals surface area contributed by atoms with Crippen molar-refractivity contribution in [1.29, 1.82) is 0 Å². The van der Waals surface area contributed by atoms with Gasteiger partial charge in [-0.05, 0) is 24.3 Å². The molecule has 5 nitrogen and oxygen atoms in total. The number of hydrogen-bond acceptors (Lipinski definition) is 4. The van der Waals surface area contributed by atoms with Gasteiger partial charge in [0.05, 0.1) is 4.92 Å². The van der Waals surface area contributed by atoms with Crippen LogP contribution in [0.4, 0.5) is 15.8 Å². The van der Waals surface area contributed by atoms with Crippen LogP contribution in [0.5, 0.6) is 11.5 Å². The van der Waals surface area contributed by atoms with E-state index in [0.29, 0.717) is 0 Å². The first-order valence-electron chi connectivity index (χ1n) is 5.04. The number of benzene rings is 2. The quantitative estimate of drug-likeness (QED) is 0.514. The number of ether oxygens (including phenoxy) is 1. The zero-order valence-corrected chi connectivity index (χ0v) is 9.17. The van der Waals surface area contributed by atoms with Crippen molar-refractivity contribution < 1.29 is 14.1 Å². The van der Waals surface area contributed by atoms with Crippen LogP contribution in [-0.2, 0) is 0 Å². The lowest BCUT2D eigenvalue weighted by Gasteiger charge is -2.07. The zero-order chi connectivity index (χ0) is 13.1. The lowest BCUT2D eigenvalue weighted by Crippen LogP contribution is -1.98. The molecule has 6 heteroatoms. The standard InChI is InChI=1S/C12H9FN2O3/c13-8-3-1-4-9(7-8)18-11-6-2-5-10(14)12(11)15(16)17/h1-7H,14H2. The zero-order valence-electron chi connectivity index (χ0n) is 9.17. The van der Waals surface area contributed by atoms with E-state index in [9.17, 15) is 14.5 Å². The van der Waals surface area contributed by atoms with Gasteiger partial charge in [0.2, 0.25) is 5.75 Å². The van der Waals surface area contributed by atoms with Crippen molar-refractivity contribution in [3.63, 3.8) is 0 Å². The molecule has 0 fully saturated rings. The van der Waals surface area contributed by atoms with Gasteiger partial charge < -0.3 is 10.5 Å². The van der Waals surface area contributed by atoms with E-state index in [1.54, 1.807) is 0 Å². The summed E-state index contributed by atoms with van der Waals surface area (Å²) in [7, 11) is 0. The molecule has 0 bridgehead atoms. The summed E-state index contributed by atoms with van der Waals surface area (Å²) in [6, 6.07) is 9.65. The first kappa shape index (κ1) is 11.8. The number of nitrogens with two attached hydrogens (primary N) is 1. The van der Waals surface area contributed by atoms with Crippen LogP contribution in [0.3, 0.4) is 0 Å². The van der Waals surface area contributed by atoms with Gasteiger partial charge in [-0.25, -0.2) is 4.39 Å². The summed E-state index contributed by atoms with van der Waals surface area (Å²) in [5.41, 5.74) is 5.17. The van der Waals surface area contributed by atoms with Gasteiger partial charge in [-0.3, -0.25) is 10.1 Å². The van der Waals surface area contributed by atoms with Crippen LogP contribution < -0.4 is 10.5 Å². The maximum atomic E-state index is 13.0. The smallest absolute Gasteiger partial charge is 0.334 e. The van der Waals surface area contributed by atoms with Gasteiger partial charge in [-0.15, -0.1) is 0 Å². The van der Waals surface area contributed by atoms with Crippen LogP contribution in [0.15, 0.2) is 42.5 Å².